The Morgan fingerprint density at radius 2 is 2.46 bits per heavy atom. The van der Waals surface area contributed by atoms with Crippen molar-refractivity contribution < 1.29 is 4.79 Å². The van der Waals surface area contributed by atoms with E-state index < -0.39 is 0 Å². The van der Waals surface area contributed by atoms with Gasteiger partial charge in [0.1, 0.15) is 10.7 Å². The Hall–Kier alpha value is -0.810. The Balaban J connectivity index is 2.83. The van der Waals surface area contributed by atoms with Gasteiger partial charge in [0.25, 0.3) is 0 Å². The molecular weight excluding hydrogens is 204 g/mol. The number of aryl methyl sites for hydroxylation is 1. The van der Waals surface area contributed by atoms with E-state index in [9.17, 15) is 4.79 Å². The highest BCUT2D eigenvalue weighted by Gasteiger charge is 2.12. The van der Waals surface area contributed by atoms with Crippen LogP contribution in [-0.2, 0) is 0 Å². The molecule has 0 fully saturated rings. The third kappa shape index (κ3) is 1.19. The van der Waals surface area contributed by atoms with Gasteiger partial charge in [-0.1, -0.05) is 0 Å². The van der Waals surface area contributed by atoms with Gasteiger partial charge in [-0.3, -0.25) is 9.20 Å². The van der Waals surface area contributed by atoms with Crippen LogP contribution in [0.15, 0.2) is 10.4 Å². The zero-order valence-electron chi connectivity index (χ0n) is 7.27. The average Bonchev–Trinajstić information content (AvgIpc) is 2.65. The van der Waals surface area contributed by atoms with Gasteiger partial charge >= 0.3 is 0 Å². The second kappa shape index (κ2) is 3.16. The third-order valence-corrected chi connectivity index (χ3v) is 3.47. The Kier molecular flexibility index (Phi) is 2.13. The van der Waals surface area contributed by atoms with Gasteiger partial charge in [0.05, 0.1) is 0 Å². The monoisotopic (exact) mass is 212 g/mol. The van der Waals surface area contributed by atoms with Crippen LogP contribution in [-0.4, -0.2) is 21.9 Å². The zero-order valence-corrected chi connectivity index (χ0v) is 8.91. The number of aromatic nitrogens is 2. The largest absolute Gasteiger partial charge is 0.296 e. The van der Waals surface area contributed by atoms with Gasteiger partial charge in [0.15, 0.2) is 11.2 Å². The molecular formula is C8H8N2OS2. The van der Waals surface area contributed by atoms with Crippen LogP contribution in [0.5, 0.6) is 0 Å². The van der Waals surface area contributed by atoms with E-state index in [0.717, 1.165) is 22.0 Å². The Labute approximate surface area is 83.8 Å². The highest BCUT2D eigenvalue weighted by Crippen LogP contribution is 2.24. The highest BCUT2D eigenvalue weighted by molar-refractivity contribution is 7.98. The number of imidazole rings is 1. The molecule has 0 spiro atoms. The van der Waals surface area contributed by atoms with Gasteiger partial charge in [0.2, 0.25) is 0 Å². The van der Waals surface area contributed by atoms with Crippen molar-refractivity contribution in [3.8, 4) is 0 Å². The molecule has 2 aromatic rings. The molecule has 0 bridgehead atoms. The second-order valence-electron chi connectivity index (χ2n) is 2.62. The summed E-state index contributed by atoms with van der Waals surface area (Å²) in [6.45, 7) is 1.97. The molecule has 0 aromatic carbocycles. The second-order valence-corrected chi connectivity index (χ2v) is 4.25. The smallest absolute Gasteiger partial charge is 0.195 e. The predicted molar refractivity (Wildman–Crippen MR) is 55.0 cm³/mol. The van der Waals surface area contributed by atoms with Crippen molar-refractivity contribution in [1.82, 2.24) is 9.38 Å². The van der Waals surface area contributed by atoms with Gasteiger partial charge in [0, 0.05) is 11.1 Å². The Morgan fingerprint density at radius 3 is 3.08 bits per heavy atom. The molecule has 0 saturated carbocycles. The molecule has 3 nitrogen and oxygen atoms in total. The molecule has 0 radical (unpaired) electrons. The predicted octanol–water partition coefficient (Wildman–Crippen LogP) is 2.24. The molecule has 13 heavy (non-hydrogen) atoms. The van der Waals surface area contributed by atoms with Crippen LogP contribution in [0.4, 0.5) is 0 Å². The van der Waals surface area contributed by atoms with E-state index >= 15 is 0 Å². The number of thiazole rings is 1. The normalized spacial score (nSPS) is 10.9. The van der Waals surface area contributed by atoms with Crippen LogP contribution in [0.25, 0.3) is 4.96 Å². The molecule has 0 saturated heterocycles. The van der Waals surface area contributed by atoms with Gasteiger partial charge in [-0.2, -0.15) is 0 Å². The zero-order chi connectivity index (χ0) is 9.42. The lowest BCUT2D eigenvalue weighted by Crippen LogP contribution is -1.91. The van der Waals surface area contributed by atoms with Gasteiger partial charge < -0.3 is 0 Å². The molecule has 2 aromatic heterocycles. The fourth-order valence-electron chi connectivity index (χ4n) is 1.26. The first-order chi connectivity index (χ1) is 6.27. The van der Waals surface area contributed by atoms with Crippen LogP contribution in [0.1, 0.15) is 16.2 Å². The first-order valence-electron chi connectivity index (χ1n) is 3.73. The third-order valence-electron chi connectivity index (χ3n) is 1.84. The van der Waals surface area contributed by atoms with E-state index in [4.69, 9.17) is 0 Å². The minimum absolute atomic E-state index is 0.668. The van der Waals surface area contributed by atoms with Crippen LogP contribution in [0.3, 0.4) is 0 Å². The molecule has 0 aliphatic carbocycles. The number of hydrogen-bond acceptors (Lipinski definition) is 4. The van der Waals surface area contributed by atoms with E-state index in [-0.39, 0.29) is 0 Å². The number of carbonyl (C=O) groups excluding carboxylic acids is 1. The van der Waals surface area contributed by atoms with E-state index in [1.165, 1.54) is 11.8 Å². The maximum Gasteiger partial charge on any atom is 0.195 e. The molecule has 0 aliphatic rings. The van der Waals surface area contributed by atoms with E-state index in [1.807, 2.05) is 23.0 Å². The summed E-state index contributed by atoms with van der Waals surface area (Å²) in [6.07, 6.45) is 2.79. The minimum atomic E-state index is 0.668. The van der Waals surface area contributed by atoms with E-state index in [1.54, 1.807) is 11.3 Å². The molecule has 2 rings (SSSR count). The SMILES string of the molecule is CSc1nc2scc(C)n2c1C=O. The lowest BCUT2D eigenvalue weighted by molar-refractivity contribution is 0.111. The lowest BCUT2D eigenvalue weighted by Gasteiger charge is -1.92. The molecule has 0 aliphatic heterocycles. The number of rotatable bonds is 2. The van der Waals surface area contributed by atoms with E-state index in [0.29, 0.717) is 5.69 Å². The average molecular weight is 212 g/mol. The Morgan fingerprint density at radius 1 is 1.69 bits per heavy atom. The maximum atomic E-state index is 10.8. The van der Waals surface area contributed by atoms with Crippen molar-refractivity contribution in [3.63, 3.8) is 0 Å². The summed E-state index contributed by atoms with van der Waals surface area (Å²) in [4.78, 5) is 16.1. The van der Waals surface area contributed by atoms with Crippen molar-refractivity contribution in [1.29, 1.82) is 0 Å². The number of thioether (sulfide) groups is 1. The summed E-state index contributed by atoms with van der Waals surface area (Å²) in [5, 5.41) is 2.81. The summed E-state index contributed by atoms with van der Waals surface area (Å²) in [7, 11) is 0. The summed E-state index contributed by atoms with van der Waals surface area (Å²) in [5.74, 6) is 0. The van der Waals surface area contributed by atoms with Crippen LogP contribution in [0.2, 0.25) is 0 Å². The van der Waals surface area contributed by atoms with Gasteiger partial charge in [-0.25, -0.2) is 4.98 Å². The topological polar surface area (TPSA) is 34.4 Å². The van der Waals surface area contributed by atoms with Crippen molar-refractivity contribution in [2.75, 3.05) is 6.26 Å². The van der Waals surface area contributed by atoms with Crippen LogP contribution < -0.4 is 0 Å². The number of carbonyl (C=O) groups is 1. The standard InChI is InChI=1S/C8H8N2OS2/c1-5-4-13-8-9-7(12-2)6(3-11)10(5)8/h3-4H,1-2H3. The van der Waals surface area contributed by atoms with Gasteiger partial charge in [-0.15, -0.1) is 23.1 Å². The van der Waals surface area contributed by atoms with Crippen LogP contribution in [0, 0.1) is 6.92 Å². The van der Waals surface area contributed by atoms with Gasteiger partial charge in [-0.05, 0) is 13.2 Å². The van der Waals surface area contributed by atoms with Crippen LogP contribution >= 0.6 is 23.1 Å². The quantitative estimate of drug-likeness (QED) is 0.565. The molecule has 0 N–H and O–H groups in total. The maximum absolute atomic E-state index is 10.8. The lowest BCUT2D eigenvalue weighted by atomic mass is 10.5. The first kappa shape index (κ1) is 8.77. The molecule has 5 heteroatoms. The molecule has 68 valence electrons. The Bertz CT molecular complexity index is 458. The van der Waals surface area contributed by atoms with E-state index in [2.05, 4.69) is 4.98 Å². The fraction of sp³-hybridized carbons (Fsp3) is 0.250. The fourth-order valence-corrected chi connectivity index (χ4v) is 2.71. The highest BCUT2D eigenvalue weighted by atomic mass is 32.2. The number of fused-ring (bicyclic) bond motifs is 1. The minimum Gasteiger partial charge on any atom is -0.296 e. The van der Waals surface area contributed by atoms with Crippen molar-refractivity contribution in [3.05, 3.63) is 16.8 Å². The molecule has 0 atom stereocenters. The molecule has 2 heterocycles. The summed E-state index contributed by atoms with van der Waals surface area (Å²) >= 11 is 3.06. The molecule has 0 unspecified atom stereocenters. The number of nitrogens with zero attached hydrogens (tertiary/aromatic N) is 2. The van der Waals surface area contributed by atoms with Crippen molar-refractivity contribution >= 4 is 34.3 Å². The number of aldehydes is 1. The summed E-state index contributed by atoms with van der Waals surface area (Å²) < 4.78 is 1.89. The summed E-state index contributed by atoms with van der Waals surface area (Å²) in [6, 6.07) is 0. The molecule has 0 amide bonds. The first-order valence-corrected chi connectivity index (χ1v) is 5.84. The van der Waals surface area contributed by atoms with Crippen molar-refractivity contribution in [2.24, 2.45) is 0 Å². The summed E-state index contributed by atoms with van der Waals surface area (Å²) in [5.41, 5.74) is 1.73. The number of hydrogen-bond donors (Lipinski definition) is 0. The van der Waals surface area contributed by atoms with Crippen molar-refractivity contribution in [2.45, 2.75) is 11.9 Å².